The van der Waals surface area contributed by atoms with Crippen LogP contribution >= 0.6 is 0 Å². The van der Waals surface area contributed by atoms with Crippen LogP contribution in [0.2, 0.25) is 0 Å². The van der Waals surface area contributed by atoms with Crippen LogP contribution in [0.25, 0.3) is 0 Å². The van der Waals surface area contributed by atoms with Gasteiger partial charge in [-0.3, -0.25) is 4.90 Å². The van der Waals surface area contributed by atoms with Crippen LogP contribution in [0.4, 0.5) is 0 Å². The number of phenols is 1. The topological polar surface area (TPSA) is 76.4 Å². The summed E-state index contributed by atoms with van der Waals surface area (Å²) in [6.45, 7) is 15.4. The lowest BCUT2D eigenvalue weighted by atomic mass is 9.77. The molecule has 0 unspecified atom stereocenters. The van der Waals surface area contributed by atoms with E-state index in [2.05, 4.69) is 49.3 Å². The number of benzene rings is 1. The zero-order chi connectivity index (χ0) is 26.4. The summed E-state index contributed by atoms with van der Waals surface area (Å²) in [5.74, 6) is 3.09. The number of phenolic OH excluding ortho intramolecular Hbond substituents is 1. The van der Waals surface area contributed by atoms with Crippen LogP contribution in [0.15, 0.2) is 49.1 Å². The Morgan fingerprint density at radius 3 is 2.42 bits per heavy atom. The molecule has 4 heterocycles. The molecular formula is C30H45N7O. The zero-order valence-corrected chi connectivity index (χ0v) is 23.2. The summed E-state index contributed by atoms with van der Waals surface area (Å²) in [7, 11) is 0. The first-order valence-electron chi connectivity index (χ1n) is 14.4. The van der Waals surface area contributed by atoms with Crippen molar-refractivity contribution in [3.63, 3.8) is 0 Å². The number of nitrogens with zero attached hydrogens (tertiary/aromatic N) is 6. The number of hydrogen-bond donors (Lipinski definition) is 2. The molecule has 0 amide bonds. The fraction of sp³-hybridized carbons (Fsp3) is 0.600. The number of H-pyrrole nitrogens is 1. The van der Waals surface area contributed by atoms with Gasteiger partial charge < -0.3 is 24.5 Å². The van der Waals surface area contributed by atoms with Crippen LogP contribution in [0, 0.1) is 11.3 Å². The van der Waals surface area contributed by atoms with E-state index in [0.717, 1.165) is 49.2 Å². The fourth-order valence-corrected chi connectivity index (χ4v) is 6.34. The van der Waals surface area contributed by atoms with Gasteiger partial charge in [0.2, 0.25) is 0 Å². The Morgan fingerprint density at radius 1 is 0.947 bits per heavy atom. The molecule has 3 aromatic rings. The molecule has 38 heavy (non-hydrogen) atoms. The second-order valence-corrected chi connectivity index (χ2v) is 12.0. The van der Waals surface area contributed by atoms with Crippen molar-refractivity contribution in [3.8, 4) is 5.75 Å². The average molecular weight is 520 g/mol. The van der Waals surface area contributed by atoms with E-state index in [1.54, 1.807) is 18.3 Å². The molecule has 2 aliphatic rings. The number of nitrogens with one attached hydrogen (secondary N) is 1. The third kappa shape index (κ3) is 7.24. The Kier molecular flexibility index (Phi) is 8.82. The molecule has 0 aliphatic carbocycles. The van der Waals surface area contributed by atoms with Crippen LogP contribution in [-0.2, 0) is 26.2 Å². The minimum atomic E-state index is 0.294. The molecule has 2 saturated heterocycles. The molecule has 206 valence electrons. The summed E-state index contributed by atoms with van der Waals surface area (Å²) in [6.07, 6.45) is 13.0. The molecule has 2 N–H and O–H groups in total. The highest BCUT2D eigenvalue weighted by molar-refractivity contribution is 5.25. The molecule has 1 spiro atoms. The van der Waals surface area contributed by atoms with Crippen molar-refractivity contribution in [2.75, 3.05) is 39.3 Å². The minimum absolute atomic E-state index is 0.294. The molecule has 1 aromatic carbocycles. The molecule has 0 bridgehead atoms. The molecule has 8 heteroatoms. The van der Waals surface area contributed by atoms with E-state index < -0.39 is 0 Å². The van der Waals surface area contributed by atoms with Gasteiger partial charge >= 0.3 is 0 Å². The van der Waals surface area contributed by atoms with Gasteiger partial charge in [0.25, 0.3) is 0 Å². The molecule has 0 atom stereocenters. The van der Waals surface area contributed by atoms with Gasteiger partial charge in [-0.2, -0.15) is 0 Å². The highest BCUT2D eigenvalue weighted by atomic mass is 16.3. The monoisotopic (exact) mass is 519 g/mol. The molecule has 2 aliphatic heterocycles. The second-order valence-electron chi connectivity index (χ2n) is 12.0. The lowest BCUT2D eigenvalue weighted by Gasteiger charge is -2.40. The van der Waals surface area contributed by atoms with Gasteiger partial charge in [0.1, 0.15) is 17.4 Å². The van der Waals surface area contributed by atoms with Crippen LogP contribution in [0.3, 0.4) is 0 Å². The van der Waals surface area contributed by atoms with E-state index in [1.165, 1.54) is 58.5 Å². The first-order chi connectivity index (χ1) is 18.5. The minimum Gasteiger partial charge on any atom is -0.508 e. The van der Waals surface area contributed by atoms with Crippen molar-refractivity contribution in [2.45, 2.75) is 65.7 Å². The summed E-state index contributed by atoms with van der Waals surface area (Å²) in [5.41, 5.74) is 1.72. The quantitative estimate of drug-likeness (QED) is 0.371. The SMILES string of the molecule is CC(C)CN1CCC2(CC1)CCN(CCCn1ccnc1CN(Cc1ccc(O)cc1)Cc1ncc[nH]1)C2. The molecule has 2 aromatic heterocycles. The van der Waals surface area contributed by atoms with Gasteiger partial charge in [-0.25, -0.2) is 9.97 Å². The first kappa shape index (κ1) is 26.9. The largest absolute Gasteiger partial charge is 0.508 e. The van der Waals surface area contributed by atoms with Gasteiger partial charge in [0.15, 0.2) is 0 Å². The average Bonchev–Trinajstić information content (AvgIpc) is 3.65. The van der Waals surface area contributed by atoms with Gasteiger partial charge in [-0.05, 0) is 80.9 Å². The van der Waals surface area contributed by atoms with E-state index in [1.807, 2.05) is 24.5 Å². The maximum absolute atomic E-state index is 9.67. The summed E-state index contributed by atoms with van der Waals surface area (Å²) < 4.78 is 2.32. The molecule has 2 fully saturated rings. The number of aromatic amines is 1. The Bertz CT molecular complexity index is 1100. The number of aromatic nitrogens is 4. The Hall–Kier alpha value is -2.68. The second kappa shape index (κ2) is 12.5. The van der Waals surface area contributed by atoms with Crippen LogP contribution in [0.5, 0.6) is 5.75 Å². The van der Waals surface area contributed by atoms with Crippen molar-refractivity contribution in [1.82, 2.24) is 34.2 Å². The van der Waals surface area contributed by atoms with Crippen molar-refractivity contribution >= 4 is 0 Å². The Morgan fingerprint density at radius 2 is 1.71 bits per heavy atom. The smallest absolute Gasteiger partial charge is 0.122 e. The number of hydrogen-bond acceptors (Lipinski definition) is 6. The molecule has 8 nitrogen and oxygen atoms in total. The highest BCUT2D eigenvalue weighted by Gasteiger charge is 2.40. The van der Waals surface area contributed by atoms with E-state index >= 15 is 0 Å². The Labute approximate surface area is 227 Å². The molecule has 0 saturated carbocycles. The third-order valence-electron chi connectivity index (χ3n) is 8.37. The van der Waals surface area contributed by atoms with E-state index in [4.69, 9.17) is 4.98 Å². The summed E-state index contributed by atoms with van der Waals surface area (Å²) in [4.78, 5) is 20.1. The lowest BCUT2D eigenvalue weighted by molar-refractivity contribution is 0.0989. The zero-order valence-electron chi connectivity index (χ0n) is 23.2. The van der Waals surface area contributed by atoms with Crippen LogP contribution in [0.1, 0.15) is 56.7 Å². The molecular weight excluding hydrogens is 474 g/mol. The summed E-state index contributed by atoms with van der Waals surface area (Å²) in [5, 5.41) is 9.67. The molecule has 0 radical (unpaired) electrons. The maximum atomic E-state index is 9.67. The van der Waals surface area contributed by atoms with Gasteiger partial charge in [0, 0.05) is 51.0 Å². The van der Waals surface area contributed by atoms with Gasteiger partial charge in [-0.15, -0.1) is 0 Å². The maximum Gasteiger partial charge on any atom is 0.122 e. The molecule has 5 rings (SSSR count). The van der Waals surface area contributed by atoms with Crippen molar-refractivity contribution in [1.29, 1.82) is 0 Å². The normalized spacial score (nSPS) is 18.3. The van der Waals surface area contributed by atoms with Gasteiger partial charge in [0.05, 0.1) is 13.1 Å². The number of likely N-dealkylation sites (tertiary alicyclic amines) is 2. The van der Waals surface area contributed by atoms with Crippen molar-refractivity contribution in [2.24, 2.45) is 11.3 Å². The van der Waals surface area contributed by atoms with E-state index in [-0.39, 0.29) is 0 Å². The number of piperidine rings is 1. The number of aryl methyl sites for hydroxylation is 1. The number of aromatic hydroxyl groups is 1. The predicted octanol–water partition coefficient (Wildman–Crippen LogP) is 4.35. The third-order valence-corrected chi connectivity index (χ3v) is 8.37. The van der Waals surface area contributed by atoms with Crippen LogP contribution < -0.4 is 0 Å². The predicted molar refractivity (Wildman–Crippen MR) is 150 cm³/mol. The van der Waals surface area contributed by atoms with Crippen molar-refractivity contribution in [3.05, 3.63) is 66.3 Å². The van der Waals surface area contributed by atoms with Crippen molar-refractivity contribution < 1.29 is 5.11 Å². The number of imidazole rings is 2. The highest BCUT2D eigenvalue weighted by Crippen LogP contribution is 2.40. The summed E-state index contributed by atoms with van der Waals surface area (Å²) >= 11 is 0. The first-order valence-corrected chi connectivity index (χ1v) is 14.4. The fourth-order valence-electron chi connectivity index (χ4n) is 6.34. The standard InChI is InChI=1S/C30H45N7O/c1-25(2)20-34-16-8-30(9-17-34)10-18-35(24-30)14-3-15-37-19-13-33-29(37)23-36(22-28-31-11-12-32-28)21-26-4-6-27(38)7-5-26/h4-7,11-13,19,25,38H,3,8-10,14-18,20-24H2,1-2H3,(H,31,32). The van der Waals surface area contributed by atoms with Gasteiger partial charge in [-0.1, -0.05) is 26.0 Å². The number of rotatable bonds is 12. The summed E-state index contributed by atoms with van der Waals surface area (Å²) in [6, 6.07) is 7.46. The lowest BCUT2D eigenvalue weighted by Crippen LogP contribution is -2.42. The van der Waals surface area contributed by atoms with Crippen LogP contribution in [-0.4, -0.2) is 78.6 Å². The Balaban J connectivity index is 1.12. The van der Waals surface area contributed by atoms with E-state index in [0.29, 0.717) is 17.7 Å². The van der Waals surface area contributed by atoms with E-state index in [9.17, 15) is 5.11 Å².